The van der Waals surface area contributed by atoms with E-state index < -0.39 is 10.0 Å². The summed E-state index contributed by atoms with van der Waals surface area (Å²) < 4.78 is 27.3. The van der Waals surface area contributed by atoms with E-state index in [1.165, 1.54) is 4.31 Å². The van der Waals surface area contributed by atoms with Gasteiger partial charge in [-0.1, -0.05) is 24.3 Å². The van der Waals surface area contributed by atoms with Crippen molar-refractivity contribution in [2.24, 2.45) is 0 Å². The lowest BCUT2D eigenvalue weighted by Gasteiger charge is -2.30. The number of sulfonamides is 1. The molecule has 0 atom stereocenters. The largest absolute Gasteiger partial charge is 0.398 e. The van der Waals surface area contributed by atoms with Gasteiger partial charge in [0.2, 0.25) is 0 Å². The first-order valence-electron chi connectivity index (χ1n) is 6.97. The molecular formula is C16H18N2O2S. The van der Waals surface area contributed by atoms with E-state index in [1.54, 1.807) is 18.2 Å². The molecule has 0 aromatic heterocycles. The number of para-hydroxylation sites is 1. The highest BCUT2D eigenvalue weighted by atomic mass is 32.2. The Balaban J connectivity index is 2.12. The lowest BCUT2D eigenvalue weighted by molar-refractivity contribution is 0.587. The second-order valence-electron chi connectivity index (χ2n) is 5.35. The fourth-order valence-corrected chi connectivity index (χ4v) is 4.41. The maximum Gasteiger partial charge on any atom is 0.266 e. The van der Waals surface area contributed by atoms with E-state index in [0.29, 0.717) is 12.2 Å². The summed E-state index contributed by atoms with van der Waals surface area (Å²) >= 11 is 0. The Morgan fingerprint density at radius 3 is 2.67 bits per heavy atom. The summed E-state index contributed by atoms with van der Waals surface area (Å²) in [4.78, 5) is 0.185. The monoisotopic (exact) mass is 302 g/mol. The smallest absolute Gasteiger partial charge is 0.266 e. The normalized spacial score (nSPS) is 14.8. The van der Waals surface area contributed by atoms with Gasteiger partial charge in [0.1, 0.15) is 4.90 Å². The van der Waals surface area contributed by atoms with E-state index in [4.69, 9.17) is 5.73 Å². The Hall–Kier alpha value is -2.01. The fraction of sp³-hybridized carbons (Fsp3) is 0.250. The lowest BCUT2D eigenvalue weighted by Crippen LogP contribution is -2.35. The Morgan fingerprint density at radius 1 is 1.14 bits per heavy atom. The summed E-state index contributed by atoms with van der Waals surface area (Å²) in [6, 6.07) is 12.7. The minimum absolute atomic E-state index is 0.185. The van der Waals surface area contributed by atoms with Crippen molar-refractivity contribution in [3.05, 3.63) is 53.6 Å². The van der Waals surface area contributed by atoms with Crippen LogP contribution in [0.5, 0.6) is 0 Å². The van der Waals surface area contributed by atoms with Gasteiger partial charge in [0, 0.05) is 6.54 Å². The molecule has 2 aromatic carbocycles. The maximum atomic E-state index is 12.9. The van der Waals surface area contributed by atoms with Crippen molar-refractivity contribution < 1.29 is 8.42 Å². The molecule has 0 unspecified atom stereocenters. The molecule has 4 nitrogen and oxygen atoms in total. The molecule has 110 valence electrons. The first-order valence-corrected chi connectivity index (χ1v) is 8.41. The molecule has 0 saturated heterocycles. The molecule has 2 aromatic rings. The van der Waals surface area contributed by atoms with Crippen molar-refractivity contribution in [1.82, 2.24) is 0 Å². The summed E-state index contributed by atoms with van der Waals surface area (Å²) in [7, 11) is -3.61. The first-order chi connectivity index (χ1) is 10.00. The van der Waals surface area contributed by atoms with Gasteiger partial charge in [-0.3, -0.25) is 4.31 Å². The van der Waals surface area contributed by atoms with Crippen LogP contribution in [0.2, 0.25) is 0 Å². The second kappa shape index (κ2) is 5.07. The van der Waals surface area contributed by atoms with Crippen molar-refractivity contribution in [2.45, 2.75) is 24.7 Å². The van der Waals surface area contributed by atoms with Gasteiger partial charge in [-0.2, -0.15) is 0 Å². The number of hydrogen-bond donors (Lipinski definition) is 1. The van der Waals surface area contributed by atoms with Crippen molar-refractivity contribution in [3.63, 3.8) is 0 Å². The summed E-state index contributed by atoms with van der Waals surface area (Å²) in [6.07, 6.45) is 1.73. The lowest BCUT2D eigenvalue weighted by atomic mass is 10.0. The molecule has 0 bridgehead atoms. The molecule has 0 radical (unpaired) electrons. The van der Waals surface area contributed by atoms with Gasteiger partial charge in [-0.05, 0) is 49.1 Å². The van der Waals surface area contributed by atoms with Crippen LogP contribution in [-0.4, -0.2) is 15.0 Å². The molecular weight excluding hydrogens is 284 g/mol. The molecule has 21 heavy (non-hydrogen) atoms. The van der Waals surface area contributed by atoms with Crippen LogP contribution < -0.4 is 10.0 Å². The van der Waals surface area contributed by atoms with Crippen LogP contribution in [0, 0.1) is 6.92 Å². The number of anilines is 2. The average molecular weight is 302 g/mol. The standard InChI is InChI=1S/C16H18N2O2S/c1-12-8-9-16(14(17)11-12)21(19,20)18-10-4-6-13-5-2-3-7-15(13)18/h2-3,5,7-9,11H,4,6,10,17H2,1H3. The van der Waals surface area contributed by atoms with E-state index >= 15 is 0 Å². The van der Waals surface area contributed by atoms with Crippen LogP contribution >= 0.6 is 0 Å². The number of nitrogen functional groups attached to an aromatic ring is 1. The third kappa shape index (κ3) is 2.38. The Morgan fingerprint density at radius 2 is 1.90 bits per heavy atom. The minimum Gasteiger partial charge on any atom is -0.398 e. The molecule has 0 fully saturated rings. The molecule has 1 heterocycles. The third-order valence-corrected chi connectivity index (χ3v) is 5.69. The number of nitrogens with zero attached hydrogens (tertiary/aromatic N) is 1. The number of benzene rings is 2. The average Bonchev–Trinajstić information content (AvgIpc) is 2.46. The van der Waals surface area contributed by atoms with E-state index in [0.717, 1.165) is 29.7 Å². The Bertz CT molecular complexity index is 785. The van der Waals surface area contributed by atoms with E-state index in [2.05, 4.69) is 0 Å². The highest BCUT2D eigenvalue weighted by Crippen LogP contribution is 2.33. The predicted molar refractivity (Wildman–Crippen MR) is 84.9 cm³/mol. The second-order valence-corrected chi connectivity index (χ2v) is 7.18. The highest BCUT2D eigenvalue weighted by Gasteiger charge is 2.30. The molecule has 2 N–H and O–H groups in total. The molecule has 0 saturated carbocycles. The topological polar surface area (TPSA) is 63.4 Å². The Labute approximate surface area is 125 Å². The van der Waals surface area contributed by atoms with Gasteiger partial charge in [0.05, 0.1) is 11.4 Å². The van der Waals surface area contributed by atoms with Gasteiger partial charge in [0.25, 0.3) is 10.0 Å². The number of nitrogens with two attached hydrogens (primary N) is 1. The molecule has 0 amide bonds. The van der Waals surface area contributed by atoms with Crippen molar-refractivity contribution in [1.29, 1.82) is 0 Å². The molecule has 1 aliphatic heterocycles. The van der Waals surface area contributed by atoms with Gasteiger partial charge < -0.3 is 5.73 Å². The van der Waals surface area contributed by atoms with Crippen LogP contribution in [0.4, 0.5) is 11.4 Å². The SMILES string of the molecule is Cc1ccc(S(=O)(=O)N2CCCc3ccccc32)c(N)c1. The molecule has 0 spiro atoms. The predicted octanol–water partition coefficient (Wildman–Crippen LogP) is 2.72. The minimum atomic E-state index is -3.61. The van der Waals surface area contributed by atoms with E-state index in [1.807, 2.05) is 31.2 Å². The van der Waals surface area contributed by atoms with Crippen LogP contribution in [0.25, 0.3) is 0 Å². The maximum absolute atomic E-state index is 12.9. The van der Waals surface area contributed by atoms with Gasteiger partial charge in [-0.25, -0.2) is 8.42 Å². The third-order valence-electron chi connectivity index (χ3n) is 3.80. The van der Waals surface area contributed by atoms with Crippen LogP contribution in [-0.2, 0) is 16.4 Å². The van der Waals surface area contributed by atoms with Crippen LogP contribution in [0.15, 0.2) is 47.4 Å². The molecule has 3 rings (SSSR count). The fourth-order valence-electron chi connectivity index (χ4n) is 2.77. The Kier molecular flexibility index (Phi) is 3.37. The van der Waals surface area contributed by atoms with E-state index in [-0.39, 0.29) is 4.90 Å². The van der Waals surface area contributed by atoms with Gasteiger partial charge in [0.15, 0.2) is 0 Å². The zero-order valence-corrected chi connectivity index (χ0v) is 12.7. The van der Waals surface area contributed by atoms with Crippen molar-refractivity contribution >= 4 is 21.4 Å². The number of rotatable bonds is 2. The number of aryl methyl sites for hydroxylation is 2. The summed E-state index contributed by atoms with van der Waals surface area (Å²) in [5, 5.41) is 0. The summed E-state index contributed by atoms with van der Waals surface area (Å²) in [6.45, 7) is 2.38. The quantitative estimate of drug-likeness (QED) is 0.868. The zero-order chi connectivity index (χ0) is 15.0. The van der Waals surface area contributed by atoms with Gasteiger partial charge in [-0.15, -0.1) is 0 Å². The van der Waals surface area contributed by atoms with Crippen LogP contribution in [0.1, 0.15) is 17.5 Å². The van der Waals surface area contributed by atoms with Crippen LogP contribution in [0.3, 0.4) is 0 Å². The summed E-state index contributed by atoms with van der Waals surface area (Å²) in [5.74, 6) is 0. The highest BCUT2D eigenvalue weighted by molar-refractivity contribution is 7.93. The number of fused-ring (bicyclic) bond motifs is 1. The van der Waals surface area contributed by atoms with Crippen molar-refractivity contribution in [3.8, 4) is 0 Å². The van der Waals surface area contributed by atoms with Gasteiger partial charge >= 0.3 is 0 Å². The van der Waals surface area contributed by atoms with E-state index in [9.17, 15) is 8.42 Å². The molecule has 5 heteroatoms. The molecule has 0 aliphatic carbocycles. The number of hydrogen-bond acceptors (Lipinski definition) is 3. The summed E-state index contributed by atoms with van der Waals surface area (Å²) in [5.41, 5.74) is 9.02. The molecule has 1 aliphatic rings. The zero-order valence-electron chi connectivity index (χ0n) is 11.9. The van der Waals surface area contributed by atoms with Crippen molar-refractivity contribution in [2.75, 3.05) is 16.6 Å². The first kappa shape index (κ1) is 13.9.